The summed E-state index contributed by atoms with van der Waals surface area (Å²) in [5, 5.41) is 2.44. The standard InChI is InChI=1S/C23H24N2O.ClH/c1-16(20-11-10-18-4-2-3-5-21(18)14-20)25(22-12-13-22)23(26)19-8-6-17(15-24)7-9-19;/h2-11,14,16,22H,12-13,15,24H2,1H3;1H. The highest BCUT2D eigenvalue weighted by molar-refractivity contribution is 5.95. The van der Waals surface area contributed by atoms with Gasteiger partial charge in [-0.05, 0) is 59.9 Å². The molecular formula is C23H25ClN2O. The largest absolute Gasteiger partial charge is 0.329 e. The lowest BCUT2D eigenvalue weighted by Crippen LogP contribution is -2.35. The number of halogens is 1. The third-order valence-electron chi connectivity index (χ3n) is 5.28. The van der Waals surface area contributed by atoms with Crippen molar-refractivity contribution in [3.05, 3.63) is 83.4 Å². The fourth-order valence-electron chi connectivity index (χ4n) is 3.57. The molecule has 3 aromatic rings. The van der Waals surface area contributed by atoms with Crippen molar-refractivity contribution in [1.82, 2.24) is 4.90 Å². The molecule has 1 fully saturated rings. The molecule has 0 bridgehead atoms. The second kappa shape index (κ2) is 8.12. The third-order valence-corrected chi connectivity index (χ3v) is 5.28. The Labute approximate surface area is 166 Å². The first-order valence-electron chi connectivity index (χ1n) is 9.28. The van der Waals surface area contributed by atoms with Gasteiger partial charge < -0.3 is 10.6 Å². The molecule has 3 aromatic carbocycles. The van der Waals surface area contributed by atoms with Gasteiger partial charge in [0.2, 0.25) is 0 Å². The summed E-state index contributed by atoms with van der Waals surface area (Å²) in [6.07, 6.45) is 2.18. The topological polar surface area (TPSA) is 46.3 Å². The molecule has 4 rings (SSSR count). The van der Waals surface area contributed by atoms with Crippen LogP contribution in [0, 0.1) is 0 Å². The molecule has 0 radical (unpaired) electrons. The minimum atomic E-state index is 0. The Kier molecular flexibility index (Phi) is 5.83. The summed E-state index contributed by atoms with van der Waals surface area (Å²) in [4.78, 5) is 15.3. The Balaban J connectivity index is 0.00000210. The van der Waals surface area contributed by atoms with E-state index in [1.807, 2.05) is 24.3 Å². The quantitative estimate of drug-likeness (QED) is 0.670. The summed E-state index contributed by atoms with van der Waals surface area (Å²) < 4.78 is 0. The highest BCUT2D eigenvalue weighted by Crippen LogP contribution is 2.36. The molecule has 0 aromatic heterocycles. The third kappa shape index (κ3) is 4.00. The van der Waals surface area contributed by atoms with Gasteiger partial charge in [-0.15, -0.1) is 12.4 Å². The molecule has 1 atom stereocenters. The molecule has 0 saturated heterocycles. The zero-order valence-electron chi connectivity index (χ0n) is 15.5. The molecule has 1 aliphatic rings. The predicted molar refractivity (Wildman–Crippen MR) is 113 cm³/mol. The lowest BCUT2D eigenvalue weighted by molar-refractivity contribution is 0.0674. The van der Waals surface area contributed by atoms with Crippen molar-refractivity contribution in [3.8, 4) is 0 Å². The van der Waals surface area contributed by atoms with Crippen LogP contribution in [0.2, 0.25) is 0 Å². The molecule has 0 spiro atoms. The van der Waals surface area contributed by atoms with Gasteiger partial charge in [0.1, 0.15) is 0 Å². The van der Waals surface area contributed by atoms with Gasteiger partial charge in [0.05, 0.1) is 6.04 Å². The maximum Gasteiger partial charge on any atom is 0.254 e. The van der Waals surface area contributed by atoms with Crippen LogP contribution in [0.3, 0.4) is 0 Å². The van der Waals surface area contributed by atoms with Gasteiger partial charge in [-0.1, -0.05) is 48.5 Å². The number of benzene rings is 3. The molecule has 1 saturated carbocycles. The zero-order chi connectivity index (χ0) is 18.1. The van der Waals surface area contributed by atoms with Crippen LogP contribution >= 0.6 is 12.4 Å². The molecular weight excluding hydrogens is 356 g/mol. The van der Waals surface area contributed by atoms with Crippen LogP contribution in [-0.2, 0) is 6.54 Å². The van der Waals surface area contributed by atoms with Crippen LogP contribution in [0.4, 0.5) is 0 Å². The van der Waals surface area contributed by atoms with E-state index in [4.69, 9.17) is 5.73 Å². The van der Waals surface area contributed by atoms with Gasteiger partial charge in [-0.2, -0.15) is 0 Å². The maximum atomic E-state index is 13.2. The monoisotopic (exact) mass is 380 g/mol. The first-order chi connectivity index (χ1) is 12.7. The second-order valence-corrected chi connectivity index (χ2v) is 7.13. The Morgan fingerprint density at radius 1 is 1.04 bits per heavy atom. The van der Waals surface area contributed by atoms with Crippen LogP contribution < -0.4 is 5.73 Å². The van der Waals surface area contributed by atoms with Gasteiger partial charge in [-0.3, -0.25) is 4.79 Å². The van der Waals surface area contributed by atoms with E-state index in [0.717, 1.165) is 24.0 Å². The van der Waals surface area contributed by atoms with E-state index < -0.39 is 0 Å². The molecule has 1 unspecified atom stereocenters. The van der Waals surface area contributed by atoms with Crippen LogP contribution in [0.5, 0.6) is 0 Å². The van der Waals surface area contributed by atoms with Crippen molar-refractivity contribution >= 4 is 29.1 Å². The van der Waals surface area contributed by atoms with Gasteiger partial charge in [0.25, 0.3) is 5.91 Å². The summed E-state index contributed by atoms with van der Waals surface area (Å²) in [7, 11) is 0. The van der Waals surface area contributed by atoms with E-state index in [-0.39, 0.29) is 24.4 Å². The van der Waals surface area contributed by atoms with E-state index in [1.165, 1.54) is 16.3 Å². The van der Waals surface area contributed by atoms with E-state index in [1.54, 1.807) is 0 Å². The van der Waals surface area contributed by atoms with Crippen molar-refractivity contribution in [1.29, 1.82) is 0 Å². The Hall–Kier alpha value is -2.36. The molecule has 140 valence electrons. The van der Waals surface area contributed by atoms with Crippen molar-refractivity contribution in [3.63, 3.8) is 0 Å². The molecule has 1 aliphatic carbocycles. The smallest absolute Gasteiger partial charge is 0.254 e. The average Bonchev–Trinajstić information content (AvgIpc) is 3.52. The Bertz CT molecular complexity index is 935. The highest BCUT2D eigenvalue weighted by atomic mass is 35.5. The predicted octanol–water partition coefficient (Wildman–Crippen LogP) is 5.09. The van der Waals surface area contributed by atoms with E-state index in [2.05, 4.69) is 54.3 Å². The molecule has 2 N–H and O–H groups in total. The minimum absolute atomic E-state index is 0. The fraction of sp³-hybridized carbons (Fsp3) is 0.261. The maximum absolute atomic E-state index is 13.2. The van der Waals surface area contributed by atoms with Gasteiger partial charge in [-0.25, -0.2) is 0 Å². The van der Waals surface area contributed by atoms with Crippen LogP contribution in [0.25, 0.3) is 10.8 Å². The SMILES string of the molecule is CC(c1ccc2ccccc2c1)N(C(=O)c1ccc(CN)cc1)C1CC1.Cl. The van der Waals surface area contributed by atoms with E-state index in [9.17, 15) is 4.79 Å². The van der Waals surface area contributed by atoms with Gasteiger partial charge >= 0.3 is 0 Å². The highest BCUT2D eigenvalue weighted by Gasteiger charge is 2.36. The van der Waals surface area contributed by atoms with Crippen molar-refractivity contribution in [2.75, 3.05) is 0 Å². The number of carbonyl (C=O) groups excluding carboxylic acids is 1. The summed E-state index contributed by atoms with van der Waals surface area (Å²) in [5.74, 6) is 0.108. The lowest BCUT2D eigenvalue weighted by atomic mass is 10.0. The summed E-state index contributed by atoms with van der Waals surface area (Å²) in [6, 6.07) is 22.9. The Morgan fingerprint density at radius 2 is 1.70 bits per heavy atom. The molecule has 0 heterocycles. The van der Waals surface area contributed by atoms with Crippen molar-refractivity contribution in [2.45, 2.75) is 38.4 Å². The molecule has 4 heteroatoms. The fourth-order valence-corrected chi connectivity index (χ4v) is 3.57. The zero-order valence-corrected chi connectivity index (χ0v) is 16.3. The van der Waals surface area contributed by atoms with Crippen LogP contribution in [-0.4, -0.2) is 16.8 Å². The van der Waals surface area contributed by atoms with Gasteiger partial charge in [0, 0.05) is 18.2 Å². The number of nitrogens with zero attached hydrogens (tertiary/aromatic N) is 1. The van der Waals surface area contributed by atoms with Gasteiger partial charge in [0.15, 0.2) is 0 Å². The van der Waals surface area contributed by atoms with E-state index >= 15 is 0 Å². The molecule has 1 amide bonds. The average molecular weight is 381 g/mol. The Morgan fingerprint density at radius 3 is 2.33 bits per heavy atom. The second-order valence-electron chi connectivity index (χ2n) is 7.13. The number of amides is 1. The van der Waals surface area contributed by atoms with Crippen molar-refractivity contribution in [2.24, 2.45) is 5.73 Å². The number of rotatable bonds is 5. The van der Waals surface area contributed by atoms with Crippen molar-refractivity contribution < 1.29 is 4.79 Å². The number of nitrogens with two attached hydrogens (primary N) is 1. The molecule has 0 aliphatic heterocycles. The summed E-state index contributed by atoms with van der Waals surface area (Å²) in [6.45, 7) is 2.63. The first kappa shape index (κ1) is 19.4. The molecule has 27 heavy (non-hydrogen) atoms. The number of hydrogen-bond acceptors (Lipinski definition) is 2. The van der Waals surface area contributed by atoms with Crippen LogP contribution in [0.15, 0.2) is 66.7 Å². The first-order valence-corrected chi connectivity index (χ1v) is 9.28. The number of carbonyl (C=O) groups is 1. The minimum Gasteiger partial charge on any atom is -0.329 e. The number of fused-ring (bicyclic) bond motifs is 1. The molecule has 3 nitrogen and oxygen atoms in total. The summed E-state index contributed by atoms with van der Waals surface area (Å²) in [5.41, 5.74) is 8.63. The summed E-state index contributed by atoms with van der Waals surface area (Å²) >= 11 is 0. The number of hydrogen-bond donors (Lipinski definition) is 1. The van der Waals surface area contributed by atoms with Crippen LogP contribution in [0.1, 0.15) is 47.3 Å². The van der Waals surface area contributed by atoms with E-state index in [0.29, 0.717) is 12.6 Å². The lowest BCUT2D eigenvalue weighted by Gasteiger charge is -2.30. The normalized spacial score (nSPS) is 14.4.